The number of nitrogens with two attached hydrogens (primary N) is 1. The molecule has 1 heterocycles. The predicted molar refractivity (Wildman–Crippen MR) is 87.0 cm³/mol. The van der Waals surface area contributed by atoms with E-state index in [0.717, 1.165) is 31.6 Å². The van der Waals surface area contributed by atoms with Crippen LogP contribution in [0.4, 0.5) is 5.69 Å². The van der Waals surface area contributed by atoms with Crippen LogP contribution >= 0.6 is 0 Å². The number of hydrogen-bond donors (Lipinski definition) is 2. The second-order valence-electron chi connectivity index (χ2n) is 5.87. The van der Waals surface area contributed by atoms with Gasteiger partial charge in [0.25, 0.3) is 0 Å². The van der Waals surface area contributed by atoms with Gasteiger partial charge in [-0.25, -0.2) is 0 Å². The highest BCUT2D eigenvalue weighted by Crippen LogP contribution is 2.20. The van der Waals surface area contributed by atoms with Gasteiger partial charge in [0, 0.05) is 18.4 Å². The Morgan fingerprint density at radius 2 is 2.36 bits per heavy atom. The zero-order valence-electron chi connectivity index (χ0n) is 13.4. The largest absolute Gasteiger partial charge is 0.491 e. The van der Waals surface area contributed by atoms with Crippen molar-refractivity contribution >= 4 is 11.6 Å². The van der Waals surface area contributed by atoms with E-state index in [-0.39, 0.29) is 17.9 Å². The molecular weight excluding hydrogens is 280 g/mol. The maximum Gasteiger partial charge on any atom is 0.241 e. The molecule has 0 saturated carbocycles. The molecule has 1 saturated heterocycles. The van der Waals surface area contributed by atoms with Gasteiger partial charge >= 0.3 is 0 Å². The Morgan fingerprint density at radius 1 is 1.55 bits per heavy atom. The van der Waals surface area contributed by atoms with Gasteiger partial charge in [0.05, 0.1) is 12.1 Å². The first-order valence-corrected chi connectivity index (χ1v) is 8.01. The molecule has 0 radical (unpaired) electrons. The second-order valence-corrected chi connectivity index (χ2v) is 5.87. The van der Waals surface area contributed by atoms with Gasteiger partial charge in [-0.3, -0.25) is 4.79 Å². The van der Waals surface area contributed by atoms with Crippen molar-refractivity contribution in [1.82, 2.24) is 0 Å². The smallest absolute Gasteiger partial charge is 0.241 e. The average molecular weight is 306 g/mol. The van der Waals surface area contributed by atoms with Gasteiger partial charge in [-0.05, 0) is 30.9 Å². The molecule has 5 heteroatoms. The summed E-state index contributed by atoms with van der Waals surface area (Å²) in [6, 6.07) is 6.88. The first-order chi connectivity index (χ1) is 10.6. The lowest BCUT2D eigenvalue weighted by Gasteiger charge is -2.18. The normalized spacial score (nSPS) is 20.4. The highest BCUT2D eigenvalue weighted by molar-refractivity contribution is 5.95. The van der Waals surface area contributed by atoms with Gasteiger partial charge in [0.2, 0.25) is 5.91 Å². The predicted octanol–water partition coefficient (Wildman–Crippen LogP) is 2.56. The lowest BCUT2D eigenvalue weighted by atomic mass is 9.99. The van der Waals surface area contributed by atoms with Crippen LogP contribution in [0.15, 0.2) is 24.3 Å². The van der Waals surface area contributed by atoms with Crippen molar-refractivity contribution in [3.05, 3.63) is 24.3 Å². The van der Waals surface area contributed by atoms with E-state index in [1.165, 1.54) is 0 Å². The molecule has 1 aromatic rings. The molecule has 122 valence electrons. The van der Waals surface area contributed by atoms with Gasteiger partial charge in [-0.15, -0.1) is 0 Å². The van der Waals surface area contributed by atoms with Gasteiger partial charge in [-0.1, -0.05) is 26.3 Å². The van der Waals surface area contributed by atoms with Crippen molar-refractivity contribution in [1.29, 1.82) is 0 Å². The molecule has 22 heavy (non-hydrogen) atoms. The highest BCUT2D eigenvalue weighted by Gasteiger charge is 2.20. The van der Waals surface area contributed by atoms with Crippen molar-refractivity contribution in [2.24, 2.45) is 11.7 Å². The molecule has 0 aromatic heterocycles. The average Bonchev–Trinajstić information content (AvgIpc) is 3.05. The maximum atomic E-state index is 12.1. The number of anilines is 1. The molecule has 1 amide bonds. The van der Waals surface area contributed by atoms with Gasteiger partial charge in [0.15, 0.2) is 0 Å². The summed E-state index contributed by atoms with van der Waals surface area (Å²) in [5, 5.41) is 2.85. The van der Waals surface area contributed by atoms with Crippen LogP contribution in [0.1, 0.15) is 33.1 Å². The summed E-state index contributed by atoms with van der Waals surface area (Å²) >= 11 is 0. The topological polar surface area (TPSA) is 73.6 Å². The van der Waals surface area contributed by atoms with Gasteiger partial charge in [0.1, 0.15) is 12.4 Å². The van der Waals surface area contributed by atoms with Crippen molar-refractivity contribution in [2.45, 2.75) is 45.3 Å². The molecule has 2 rings (SSSR count). The molecule has 1 aliphatic rings. The van der Waals surface area contributed by atoms with E-state index in [2.05, 4.69) is 5.32 Å². The van der Waals surface area contributed by atoms with Crippen LogP contribution in [-0.2, 0) is 9.53 Å². The standard InChI is InChI=1S/C17H26N2O3/c1-3-12(2)16(18)17(20)19-13-6-4-7-14(10-13)22-11-15-8-5-9-21-15/h4,6-7,10,12,15-16H,3,5,8-9,11,18H2,1-2H3,(H,19,20). The van der Waals surface area contributed by atoms with Crippen molar-refractivity contribution < 1.29 is 14.3 Å². The summed E-state index contributed by atoms with van der Waals surface area (Å²) in [5.41, 5.74) is 6.64. The van der Waals surface area contributed by atoms with Crippen LogP contribution in [0, 0.1) is 5.92 Å². The zero-order chi connectivity index (χ0) is 15.9. The first-order valence-electron chi connectivity index (χ1n) is 8.01. The molecule has 3 N–H and O–H groups in total. The van der Waals surface area contributed by atoms with E-state index in [1.54, 1.807) is 0 Å². The number of rotatable bonds is 7. The summed E-state index contributed by atoms with van der Waals surface area (Å²) in [7, 11) is 0. The van der Waals surface area contributed by atoms with E-state index in [9.17, 15) is 4.79 Å². The third-order valence-corrected chi connectivity index (χ3v) is 4.12. The Balaban J connectivity index is 1.88. The number of ether oxygens (including phenoxy) is 2. The molecule has 3 atom stereocenters. The van der Waals surface area contributed by atoms with E-state index >= 15 is 0 Å². The van der Waals surface area contributed by atoms with Crippen molar-refractivity contribution in [3.63, 3.8) is 0 Å². The van der Waals surface area contributed by atoms with E-state index in [4.69, 9.17) is 15.2 Å². The molecule has 1 aromatic carbocycles. The van der Waals surface area contributed by atoms with Gasteiger partial charge < -0.3 is 20.5 Å². The van der Waals surface area contributed by atoms with E-state index in [0.29, 0.717) is 12.3 Å². The lowest BCUT2D eigenvalue weighted by molar-refractivity contribution is -0.118. The molecular formula is C17H26N2O3. The van der Waals surface area contributed by atoms with E-state index < -0.39 is 6.04 Å². The third-order valence-electron chi connectivity index (χ3n) is 4.12. The molecule has 5 nitrogen and oxygen atoms in total. The fraction of sp³-hybridized carbons (Fsp3) is 0.588. The van der Waals surface area contributed by atoms with E-state index in [1.807, 2.05) is 38.1 Å². The molecule has 0 bridgehead atoms. The number of benzene rings is 1. The number of hydrogen-bond acceptors (Lipinski definition) is 4. The summed E-state index contributed by atoms with van der Waals surface area (Å²) in [5.74, 6) is 0.718. The van der Waals surface area contributed by atoms with Crippen LogP contribution in [0.3, 0.4) is 0 Å². The van der Waals surface area contributed by atoms with Gasteiger partial charge in [-0.2, -0.15) is 0 Å². The monoisotopic (exact) mass is 306 g/mol. The maximum absolute atomic E-state index is 12.1. The minimum absolute atomic E-state index is 0.152. The Kier molecular flexibility index (Phi) is 6.21. The quantitative estimate of drug-likeness (QED) is 0.812. The Labute approximate surface area is 132 Å². The number of carbonyl (C=O) groups is 1. The molecule has 0 aliphatic carbocycles. The highest BCUT2D eigenvalue weighted by atomic mass is 16.5. The summed E-state index contributed by atoms with van der Waals surface area (Å²) in [6.45, 7) is 5.37. The first kappa shape index (κ1) is 16.8. The Hall–Kier alpha value is -1.59. The summed E-state index contributed by atoms with van der Waals surface area (Å²) in [4.78, 5) is 12.1. The third kappa shape index (κ3) is 4.71. The van der Waals surface area contributed by atoms with Crippen molar-refractivity contribution in [3.8, 4) is 5.75 Å². The molecule has 0 spiro atoms. The number of nitrogens with one attached hydrogen (secondary N) is 1. The van der Waals surface area contributed by atoms with Crippen LogP contribution < -0.4 is 15.8 Å². The van der Waals surface area contributed by atoms with Crippen LogP contribution in [0.5, 0.6) is 5.75 Å². The van der Waals surface area contributed by atoms with Crippen LogP contribution in [-0.4, -0.2) is 31.3 Å². The van der Waals surface area contributed by atoms with Crippen molar-refractivity contribution in [2.75, 3.05) is 18.5 Å². The van der Waals surface area contributed by atoms with Crippen LogP contribution in [0.2, 0.25) is 0 Å². The SMILES string of the molecule is CCC(C)C(N)C(=O)Nc1cccc(OCC2CCCO2)c1. The summed E-state index contributed by atoms with van der Waals surface area (Å²) < 4.78 is 11.3. The Morgan fingerprint density at radius 3 is 3.05 bits per heavy atom. The minimum Gasteiger partial charge on any atom is -0.491 e. The fourth-order valence-electron chi connectivity index (χ4n) is 2.37. The van der Waals surface area contributed by atoms with Crippen LogP contribution in [0.25, 0.3) is 0 Å². The lowest BCUT2D eigenvalue weighted by Crippen LogP contribution is -2.40. The zero-order valence-corrected chi connectivity index (χ0v) is 13.4. The number of carbonyl (C=O) groups excluding carboxylic acids is 1. The second kappa shape index (κ2) is 8.15. The molecule has 1 fully saturated rings. The summed E-state index contributed by atoms with van der Waals surface area (Å²) in [6.07, 6.45) is 3.19. The molecule has 3 unspecified atom stereocenters. The fourth-order valence-corrected chi connectivity index (χ4v) is 2.37. The Bertz CT molecular complexity index is 487. The minimum atomic E-state index is -0.499. The number of amides is 1. The molecule has 1 aliphatic heterocycles.